The van der Waals surface area contributed by atoms with Crippen molar-refractivity contribution >= 4 is 103 Å². The van der Waals surface area contributed by atoms with Gasteiger partial charge in [-0.1, -0.05) is 29.3 Å². The van der Waals surface area contributed by atoms with E-state index < -0.39 is 23.7 Å². The highest BCUT2D eigenvalue weighted by atomic mass is 127. The van der Waals surface area contributed by atoms with Crippen LogP contribution >= 0.6 is 80.1 Å². The van der Waals surface area contributed by atoms with Gasteiger partial charge < -0.3 is 9.47 Å². The topological polar surface area (TPSA) is 72.9 Å². The Hall–Kier alpha value is -1.02. The van der Waals surface area contributed by atoms with Crippen LogP contribution in [0.25, 0.3) is 6.08 Å². The smallest absolute Gasteiger partial charge is 0.326 e. The maximum atomic E-state index is 12.6. The van der Waals surface area contributed by atoms with E-state index in [-0.39, 0.29) is 18.1 Å². The Morgan fingerprint density at radius 3 is 2.47 bits per heavy atom. The normalized spacial score (nSPS) is 14.9. The quantitative estimate of drug-likeness (QED) is 0.188. The molecule has 2 aromatic rings. The van der Waals surface area contributed by atoms with Crippen molar-refractivity contribution in [1.29, 1.82) is 0 Å². The number of halogens is 4. The third-order valence-electron chi connectivity index (χ3n) is 4.17. The molecule has 1 aliphatic rings. The number of imide groups is 1. The van der Waals surface area contributed by atoms with Crippen molar-refractivity contribution in [2.45, 2.75) is 13.5 Å². The number of amides is 2. The maximum Gasteiger partial charge on any atom is 0.326 e. The van der Waals surface area contributed by atoms with Gasteiger partial charge in [-0.25, -0.2) is 0 Å². The van der Waals surface area contributed by atoms with Crippen LogP contribution in [0.4, 0.5) is 4.79 Å². The third kappa shape index (κ3) is 6.31. The molecule has 0 atom stereocenters. The SMILES string of the molecule is CCOC(=O)CN1C(=O)S/C(=C/c2cc(I)c(OCc3ccc(Cl)cc3Cl)c(I)c2)C1=O. The second-order valence-corrected chi connectivity index (χ2v) is 10.6. The number of thioether (sulfide) groups is 1. The minimum atomic E-state index is -0.623. The fourth-order valence-corrected chi connectivity index (χ4v) is 6.14. The van der Waals surface area contributed by atoms with E-state index in [1.54, 1.807) is 25.1 Å². The lowest BCUT2D eigenvalue weighted by molar-refractivity contribution is -0.145. The van der Waals surface area contributed by atoms with Crippen molar-refractivity contribution < 1.29 is 23.9 Å². The van der Waals surface area contributed by atoms with E-state index in [0.29, 0.717) is 15.8 Å². The summed E-state index contributed by atoms with van der Waals surface area (Å²) in [7, 11) is 0. The van der Waals surface area contributed by atoms with Gasteiger partial charge in [0.15, 0.2) is 0 Å². The molecule has 2 amide bonds. The Morgan fingerprint density at radius 2 is 1.84 bits per heavy atom. The Bertz CT molecular complexity index is 1100. The van der Waals surface area contributed by atoms with Crippen molar-refractivity contribution in [2.24, 2.45) is 0 Å². The number of hydrogen-bond donors (Lipinski definition) is 0. The van der Waals surface area contributed by atoms with E-state index in [2.05, 4.69) is 45.2 Å². The molecular formula is C21H15Cl2I2NO5S. The van der Waals surface area contributed by atoms with Gasteiger partial charge >= 0.3 is 5.97 Å². The standard InChI is InChI=1S/C21H15Cl2I2NO5S/c1-2-30-18(27)9-26-20(28)17(32-21(26)29)7-11-5-15(24)19(16(25)6-11)31-10-12-3-4-13(22)8-14(12)23/h3-8H,2,9-10H2,1H3/b17-7+. The molecule has 2 aromatic carbocycles. The largest absolute Gasteiger partial charge is 0.487 e. The molecule has 1 saturated heterocycles. The molecule has 3 rings (SSSR count). The van der Waals surface area contributed by atoms with Crippen LogP contribution in [0, 0.1) is 7.14 Å². The molecule has 0 radical (unpaired) electrons. The lowest BCUT2D eigenvalue weighted by Gasteiger charge is -2.13. The highest BCUT2D eigenvalue weighted by Gasteiger charge is 2.36. The molecule has 6 nitrogen and oxygen atoms in total. The van der Waals surface area contributed by atoms with Crippen LogP contribution in [0.5, 0.6) is 5.75 Å². The predicted molar refractivity (Wildman–Crippen MR) is 142 cm³/mol. The molecule has 0 bridgehead atoms. The fourth-order valence-electron chi connectivity index (χ4n) is 2.71. The van der Waals surface area contributed by atoms with Gasteiger partial charge in [0.2, 0.25) is 0 Å². The Balaban J connectivity index is 1.76. The van der Waals surface area contributed by atoms with Crippen LogP contribution in [-0.2, 0) is 20.9 Å². The van der Waals surface area contributed by atoms with Crippen molar-refractivity contribution in [3.63, 3.8) is 0 Å². The Kier molecular flexibility index (Phi) is 9.13. The van der Waals surface area contributed by atoms with Crippen LogP contribution in [-0.4, -0.2) is 35.2 Å². The summed E-state index contributed by atoms with van der Waals surface area (Å²) in [6.45, 7) is 1.71. The van der Waals surface area contributed by atoms with Crippen LogP contribution in [0.2, 0.25) is 10.0 Å². The minimum absolute atomic E-state index is 0.181. The van der Waals surface area contributed by atoms with Crippen molar-refractivity contribution in [3.05, 3.63) is 63.5 Å². The fraction of sp³-hybridized carbons (Fsp3) is 0.190. The van der Waals surface area contributed by atoms with Gasteiger partial charge in [0.05, 0.1) is 18.7 Å². The second-order valence-electron chi connectivity index (χ2n) is 6.41. The van der Waals surface area contributed by atoms with Gasteiger partial charge in [-0.3, -0.25) is 19.3 Å². The van der Waals surface area contributed by atoms with E-state index in [0.717, 1.165) is 34.9 Å². The van der Waals surface area contributed by atoms with Gasteiger partial charge in [0, 0.05) is 15.6 Å². The van der Waals surface area contributed by atoms with E-state index in [1.165, 1.54) is 0 Å². The zero-order chi connectivity index (χ0) is 23.4. The van der Waals surface area contributed by atoms with Gasteiger partial charge in [-0.2, -0.15) is 0 Å². The van der Waals surface area contributed by atoms with Gasteiger partial charge in [-0.15, -0.1) is 0 Å². The summed E-state index contributed by atoms with van der Waals surface area (Å²) in [4.78, 5) is 37.5. The Morgan fingerprint density at radius 1 is 1.16 bits per heavy atom. The monoisotopic (exact) mass is 717 g/mol. The molecular weight excluding hydrogens is 703 g/mol. The first-order valence-electron chi connectivity index (χ1n) is 9.16. The molecule has 168 valence electrons. The minimum Gasteiger partial charge on any atom is -0.487 e. The third-order valence-corrected chi connectivity index (χ3v) is 7.27. The predicted octanol–water partition coefficient (Wildman–Crippen LogP) is 6.38. The number of rotatable bonds is 7. The van der Waals surface area contributed by atoms with Crippen LogP contribution in [0.3, 0.4) is 0 Å². The lowest BCUT2D eigenvalue weighted by atomic mass is 10.2. The average Bonchev–Trinajstić information content (AvgIpc) is 2.96. The van der Waals surface area contributed by atoms with Crippen molar-refractivity contribution in [3.8, 4) is 5.75 Å². The van der Waals surface area contributed by atoms with Gasteiger partial charge in [0.25, 0.3) is 11.1 Å². The summed E-state index contributed by atoms with van der Waals surface area (Å²) in [5, 5.41) is 0.579. The number of hydrogen-bond acceptors (Lipinski definition) is 6. The molecule has 1 fully saturated rings. The van der Waals surface area contributed by atoms with Crippen LogP contribution in [0.15, 0.2) is 35.2 Å². The first-order valence-corrected chi connectivity index (χ1v) is 12.9. The summed E-state index contributed by atoms with van der Waals surface area (Å²) < 4.78 is 12.5. The summed E-state index contributed by atoms with van der Waals surface area (Å²) in [5.41, 5.74) is 1.54. The van der Waals surface area contributed by atoms with E-state index in [9.17, 15) is 14.4 Å². The highest BCUT2D eigenvalue weighted by Crippen LogP contribution is 2.35. The molecule has 1 aliphatic heterocycles. The molecule has 0 saturated carbocycles. The summed E-state index contributed by atoms with van der Waals surface area (Å²) in [5.74, 6) is -0.456. The lowest BCUT2D eigenvalue weighted by Crippen LogP contribution is -2.34. The van der Waals surface area contributed by atoms with E-state index >= 15 is 0 Å². The zero-order valence-corrected chi connectivity index (χ0v) is 23.1. The van der Waals surface area contributed by atoms with Crippen molar-refractivity contribution in [2.75, 3.05) is 13.2 Å². The number of esters is 1. The number of carbonyl (C=O) groups is 3. The second kappa shape index (κ2) is 11.4. The molecule has 0 unspecified atom stereocenters. The van der Waals surface area contributed by atoms with Crippen molar-refractivity contribution in [1.82, 2.24) is 4.90 Å². The zero-order valence-electron chi connectivity index (χ0n) is 16.5. The van der Waals surface area contributed by atoms with E-state index in [1.807, 2.05) is 18.2 Å². The summed E-state index contributed by atoms with van der Waals surface area (Å²) in [6, 6.07) is 8.92. The maximum absolute atomic E-state index is 12.6. The molecule has 0 N–H and O–H groups in total. The molecule has 32 heavy (non-hydrogen) atoms. The van der Waals surface area contributed by atoms with Gasteiger partial charge in [0.1, 0.15) is 18.9 Å². The van der Waals surface area contributed by atoms with Crippen LogP contribution < -0.4 is 4.74 Å². The molecule has 1 heterocycles. The number of carbonyl (C=O) groups excluding carboxylic acids is 3. The van der Waals surface area contributed by atoms with Gasteiger partial charge in [-0.05, 0) is 99.8 Å². The number of ether oxygens (including phenoxy) is 2. The number of nitrogens with zero attached hydrogens (tertiary/aromatic N) is 1. The Labute approximate surface area is 226 Å². The molecule has 11 heteroatoms. The summed E-state index contributed by atoms with van der Waals surface area (Å²) >= 11 is 17.2. The van der Waals surface area contributed by atoms with E-state index in [4.69, 9.17) is 32.7 Å². The average molecular weight is 718 g/mol. The van der Waals surface area contributed by atoms with Crippen LogP contribution in [0.1, 0.15) is 18.1 Å². The highest BCUT2D eigenvalue weighted by molar-refractivity contribution is 14.1. The number of benzene rings is 2. The molecule has 0 aliphatic carbocycles. The first kappa shape index (κ1) is 25.6. The molecule has 0 aromatic heterocycles. The summed E-state index contributed by atoms with van der Waals surface area (Å²) in [6.07, 6.45) is 1.63. The first-order chi connectivity index (χ1) is 15.2. The molecule has 0 spiro atoms.